The van der Waals surface area contributed by atoms with Crippen LogP contribution in [0.3, 0.4) is 0 Å². The molecule has 3 rings (SSSR count). The number of aromatic nitrogens is 2. The van der Waals surface area contributed by atoms with Crippen molar-refractivity contribution in [3.63, 3.8) is 0 Å². The Kier molecular flexibility index (Phi) is 4.77. The topological polar surface area (TPSA) is 87.3 Å². The number of hydrogen-bond donors (Lipinski definition) is 1. The standard InChI is InChI=1S/C16H15N3O3S2/c1-9-13(14(17)24-19-9)16(20)22-7-11-8-23-15(18-11)10-3-5-12(21-2)6-4-10/h3-6,8H,7,17H2,1-2H3. The zero-order valence-corrected chi connectivity index (χ0v) is 14.7. The number of aryl methyl sites for hydroxylation is 1. The lowest BCUT2D eigenvalue weighted by Gasteiger charge is -2.03. The lowest BCUT2D eigenvalue weighted by atomic mass is 10.2. The third-order valence-electron chi connectivity index (χ3n) is 3.33. The lowest BCUT2D eigenvalue weighted by molar-refractivity contribution is 0.0469. The van der Waals surface area contributed by atoms with Gasteiger partial charge in [-0.1, -0.05) is 0 Å². The average Bonchev–Trinajstić information content (AvgIpc) is 3.20. The van der Waals surface area contributed by atoms with Gasteiger partial charge in [-0.3, -0.25) is 0 Å². The monoisotopic (exact) mass is 361 g/mol. The zero-order chi connectivity index (χ0) is 17.1. The molecule has 2 N–H and O–H groups in total. The third-order valence-corrected chi connectivity index (χ3v) is 5.04. The molecule has 0 bridgehead atoms. The van der Waals surface area contributed by atoms with E-state index in [4.69, 9.17) is 15.2 Å². The molecule has 8 heteroatoms. The molecular weight excluding hydrogens is 346 g/mol. The number of thiazole rings is 1. The Labute approximate surface area is 147 Å². The van der Waals surface area contributed by atoms with Crippen molar-refractivity contribution >= 4 is 33.8 Å². The normalized spacial score (nSPS) is 10.6. The molecule has 2 aromatic heterocycles. The maximum atomic E-state index is 12.1. The van der Waals surface area contributed by atoms with Gasteiger partial charge in [-0.05, 0) is 42.7 Å². The molecule has 0 saturated carbocycles. The lowest BCUT2D eigenvalue weighted by Crippen LogP contribution is -2.08. The van der Waals surface area contributed by atoms with Crippen molar-refractivity contribution < 1.29 is 14.3 Å². The van der Waals surface area contributed by atoms with Crippen LogP contribution >= 0.6 is 22.9 Å². The van der Waals surface area contributed by atoms with Gasteiger partial charge < -0.3 is 15.2 Å². The van der Waals surface area contributed by atoms with E-state index < -0.39 is 5.97 Å². The summed E-state index contributed by atoms with van der Waals surface area (Å²) in [7, 11) is 1.63. The third kappa shape index (κ3) is 3.39. The number of anilines is 1. The van der Waals surface area contributed by atoms with Crippen LogP contribution in [0, 0.1) is 6.92 Å². The van der Waals surface area contributed by atoms with Gasteiger partial charge in [-0.15, -0.1) is 11.3 Å². The molecule has 0 amide bonds. The number of benzene rings is 1. The first-order valence-electron chi connectivity index (χ1n) is 7.06. The number of nitrogens with two attached hydrogens (primary N) is 1. The van der Waals surface area contributed by atoms with Gasteiger partial charge in [0.05, 0.1) is 18.5 Å². The van der Waals surface area contributed by atoms with E-state index in [1.807, 2.05) is 29.6 Å². The summed E-state index contributed by atoms with van der Waals surface area (Å²) in [6.07, 6.45) is 0. The highest BCUT2D eigenvalue weighted by molar-refractivity contribution is 7.13. The first kappa shape index (κ1) is 16.4. The summed E-state index contributed by atoms with van der Waals surface area (Å²) in [5.74, 6) is 0.319. The average molecular weight is 361 g/mol. The van der Waals surface area contributed by atoms with Crippen molar-refractivity contribution in [1.29, 1.82) is 0 Å². The van der Waals surface area contributed by atoms with Crippen LogP contribution in [0.25, 0.3) is 10.6 Å². The highest BCUT2D eigenvalue weighted by Gasteiger charge is 2.18. The van der Waals surface area contributed by atoms with Gasteiger partial charge in [0.1, 0.15) is 27.9 Å². The van der Waals surface area contributed by atoms with Crippen LogP contribution in [0.15, 0.2) is 29.6 Å². The molecule has 6 nitrogen and oxygen atoms in total. The minimum absolute atomic E-state index is 0.0974. The summed E-state index contributed by atoms with van der Waals surface area (Å²) in [4.78, 5) is 16.6. The molecule has 124 valence electrons. The molecule has 3 aromatic rings. The van der Waals surface area contributed by atoms with Crippen LogP contribution in [-0.2, 0) is 11.3 Å². The van der Waals surface area contributed by atoms with E-state index >= 15 is 0 Å². The summed E-state index contributed by atoms with van der Waals surface area (Å²) in [6, 6.07) is 7.64. The van der Waals surface area contributed by atoms with Crippen molar-refractivity contribution in [2.24, 2.45) is 0 Å². The first-order valence-corrected chi connectivity index (χ1v) is 8.71. The number of esters is 1. The zero-order valence-electron chi connectivity index (χ0n) is 13.1. The fourth-order valence-electron chi connectivity index (χ4n) is 2.09. The van der Waals surface area contributed by atoms with Crippen LogP contribution in [0.5, 0.6) is 5.75 Å². The van der Waals surface area contributed by atoms with Crippen molar-refractivity contribution in [3.8, 4) is 16.3 Å². The molecule has 24 heavy (non-hydrogen) atoms. The summed E-state index contributed by atoms with van der Waals surface area (Å²) < 4.78 is 14.5. The second kappa shape index (κ2) is 6.98. The number of carbonyl (C=O) groups excluding carboxylic acids is 1. The van der Waals surface area contributed by atoms with Crippen molar-refractivity contribution in [2.75, 3.05) is 12.8 Å². The Morgan fingerprint density at radius 3 is 2.67 bits per heavy atom. The number of methoxy groups -OCH3 is 1. The molecule has 0 fully saturated rings. The number of nitrogen functional groups attached to an aromatic ring is 1. The number of ether oxygens (including phenoxy) is 2. The van der Waals surface area contributed by atoms with Crippen molar-refractivity contribution in [3.05, 3.63) is 46.6 Å². The van der Waals surface area contributed by atoms with Gasteiger partial charge in [0, 0.05) is 10.9 Å². The summed E-state index contributed by atoms with van der Waals surface area (Å²) in [5, 5.41) is 3.10. The van der Waals surface area contributed by atoms with Crippen LogP contribution in [0.4, 0.5) is 5.00 Å². The van der Waals surface area contributed by atoms with Crippen molar-refractivity contribution in [1.82, 2.24) is 9.36 Å². The maximum absolute atomic E-state index is 12.1. The highest BCUT2D eigenvalue weighted by Crippen LogP contribution is 2.26. The second-order valence-corrected chi connectivity index (χ2v) is 6.62. The predicted molar refractivity (Wildman–Crippen MR) is 94.5 cm³/mol. The summed E-state index contributed by atoms with van der Waals surface area (Å²) in [6.45, 7) is 1.83. The highest BCUT2D eigenvalue weighted by atomic mass is 32.1. The largest absolute Gasteiger partial charge is 0.497 e. The molecule has 2 heterocycles. The number of nitrogens with zero attached hydrogens (tertiary/aromatic N) is 2. The van der Waals surface area contributed by atoms with Gasteiger partial charge in [0.25, 0.3) is 0 Å². The Balaban J connectivity index is 1.67. The van der Waals surface area contributed by atoms with E-state index in [2.05, 4.69) is 9.36 Å². The van der Waals surface area contributed by atoms with E-state index in [1.165, 1.54) is 11.3 Å². The Hall–Kier alpha value is -2.45. The molecule has 0 spiro atoms. The van der Waals surface area contributed by atoms with Crippen LogP contribution in [0.2, 0.25) is 0 Å². The van der Waals surface area contributed by atoms with Crippen LogP contribution in [-0.4, -0.2) is 22.4 Å². The molecular formula is C16H15N3O3S2. The minimum Gasteiger partial charge on any atom is -0.497 e. The SMILES string of the molecule is COc1ccc(-c2nc(COC(=O)c3c(C)nsc3N)cs2)cc1. The van der Waals surface area contributed by atoms with Gasteiger partial charge >= 0.3 is 5.97 Å². The van der Waals surface area contributed by atoms with E-state index in [0.717, 1.165) is 27.9 Å². The van der Waals surface area contributed by atoms with E-state index in [9.17, 15) is 4.79 Å². The van der Waals surface area contributed by atoms with Gasteiger partial charge in [-0.2, -0.15) is 4.37 Å². The Morgan fingerprint density at radius 2 is 2.04 bits per heavy atom. The quantitative estimate of drug-likeness (QED) is 0.700. The van der Waals surface area contributed by atoms with Gasteiger partial charge in [-0.25, -0.2) is 9.78 Å². The van der Waals surface area contributed by atoms with E-state index in [-0.39, 0.29) is 6.61 Å². The Morgan fingerprint density at radius 1 is 1.29 bits per heavy atom. The fourth-order valence-corrected chi connectivity index (χ4v) is 3.55. The maximum Gasteiger partial charge on any atom is 0.343 e. The van der Waals surface area contributed by atoms with Gasteiger partial charge in [0.2, 0.25) is 0 Å². The number of carbonyl (C=O) groups is 1. The van der Waals surface area contributed by atoms with Crippen LogP contribution in [0.1, 0.15) is 21.7 Å². The summed E-state index contributed by atoms with van der Waals surface area (Å²) >= 11 is 2.58. The second-order valence-electron chi connectivity index (χ2n) is 4.96. The van der Waals surface area contributed by atoms with E-state index in [1.54, 1.807) is 14.0 Å². The number of hydrogen-bond acceptors (Lipinski definition) is 8. The molecule has 0 aliphatic heterocycles. The summed E-state index contributed by atoms with van der Waals surface area (Å²) in [5.41, 5.74) is 8.35. The molecule has 1 aromatic carbocycles. The molecule has 0 aliphatic rings. The van der Waals surface area contributed by atoms with Crippen LogP contribution < -0.4 is 10.5 Å². The molecule has 0 aliphatic carbocycles. The number of rotatable bonds is 5. The first-order chi connectivity index (χ1) is 11.6. The molecule has 0 radical (unpaired) electrons. The predicted octanol–water partition coefficient (Wildman–Crippen LogP) is 3.52. The van der Waals surface area contributed by atoms with Crippen molar-refractivity contribution in [2.45, 2.75) is 13.5 Å². The fraction of sp³-hybridized carbons (Fsp3) is 0.188. The minimum atomic E-state index is -0.474. The van der Waals surface area contributed by atoms with Gasteiger partial charge in [0.15, 0.2) is 0 Å². The smallest absolute Gasteiger partial charge is 0.343 e. The molecule has 0 unspecified atom stereocenters. The molecule has 0 saturated heterocycles. The molecule has 0 atom stereocenters. The van der Waals surface area contributed by atoms with E-state index in [0.29, 0.717) is 22.0 Å². The Bertz CT molecular complexity index is 836.